The van der Waals surface area contributed by atoms with Gasteiger partial charge in [-0.15, -0.1) is 0 Å². The Kier molecular flexibility index (Phi) is 3.82. The molecule has 5 rings (SSSR count). The molecule has 126 valence electrons. The van der Waals surface area contributed by atoms with Gasteiger partial charge in [0.1, 0.15) is 0 Å². The first kappa shape index (κ1) is 16.3. The normalized spacial score (nSPS) is 11.7. The molecule has 0 aliphatic carbocycles. The molecular weight excluding hydrogens is 476 g/mol. The van der Waals surface area contributed by atoms with Gasteiger partial charge in [-0.05, 0) is 54.8 Å². The van der Waals surface area contributed by atoms with Crippen molar-refractivity contribution in [2.75, 3.05) is 0 Å². The lowest BCUT2D eigenvalue weighted by Gasteiger charge is -2.07. The van der Waals surface area contributed by atoms with Crippen molar-refractivity contribution in [3.63, 3.8) is 0 Å². The van der Waals surface area contributed by atoms with Crippen LogP contribution >= 0.6 is 43.6 Å². The number of halogens is 3. The van der Waals surface area contributed by atoms with E-state index in [9.17, 15) is 0 Å². The first-order valence-corrected chi connectivity index (χ1v) is 10.0. The van der Waals surface area contributed by atoms with Gasteiger partial charge >= 0.3 is 0 Å². The van der Waals surface area contributed by atoms with Crippen LogP contribution in [0.3, 0.4) is 0 Å². The summed E-state index contributed by atoms with van der Waals surface area (Å²) in [7, 11) is 0. The Balaban J connectivity index is 2.04. The van der Waals surface area contributed by atoms with Gasteiger partial charge in [-0.3, -0.25) is 0 Å². The Hall–Kier alpha value is -1.88. The summed E-state index contributed by atoms with van der Waals surface area (Å²) in [5.74, 6) is 0.711. The summed E-state index contributed by atoms with van der Waals surface area (Å²) in [5, 5.41) is 4.56. The molecule has 26 heavy (non-hydrogen) atoms. The number of rotatable bonds is 1. The Bertz CT molecular complexity index is 1300. The van der Waals surface area contributed by atoms with Crippen LogP contribution in [-0.2, 0) is 0 Å². The molecule has 0 saturated heterocycles. The minimum atomic E-state index is 0.711. The van der Waals surface area contributed by atoms with E-state index < -0.39 is 0 Å². The number of aromatic nitrogens is 2. The van der Waals surface area contributed by atoms with E-state index in [1.54, 1.807) is 4.09 Å². The van der Waals surface area contributed by atoms with E-state index in [-0.39, 0.29) is 0 Å². The SMILES string of the molecule is Cln1c(-c2c(Br)cccc2Br)nc2c3ccccc3c3ccccc3c21. The Labute approximate surface area is 171 Å². The first-order chi connectivity index (χ1) is 12.7. The smallest absolute Gasteiger partial charge is 0.158 e. The summed E-state index contributed by atoms with van der Waals surface area (Å²) >= 11 is 14.1. The highest BCUT2D eigenvalue weighted by molar-refractivity contribution is 9.11. The minimum absolute atomic E-state index is 0.711. The number of hydrogen-bond acceptors (Lipinski definition) is 1. The molecule has 0 spiro atoms. The van der Waals surface area contributed by atoms with Gasteiger partial charge in [-0.25, -0.2) is 9.07 Å². The van der Waals surface area contributed by atoms with Crippen molar-refractivity contribution < 1.29 is 0 Å². The lowest BCUT2D eigenvalue weighted by atomic mass is 10.0. The van der Waals surface area contributed by atoms with Gasteiger partial charge in [0.15, 0.2) is 5.82 Å². The van der Waals surface area contributed by atoms with E-state index in [0.29, 0.717) is 5.82 Å². The monoisotopic (exact) mass is 484 g/mol. The van der Waals surface area contributed by atoms with E-state index in [4.69, 9.17) is 16.8 Å². The van der Waals surface area contributed by atoms with E-state index in [1.165, 1.54) is 10.8 Å². The van der Waals surface area contributed by atoms with Crippen LogP contribution in [0.2, 0.25) is 0 Å². The Morgan fingerprint density at radius 2 is 1.23 bits per heavy atom. The molecular formula is C21H11Br2ClN2. The van der Waals surface area contributed by atoms with Crippen LogP contribution in [0.15, 0.2) is 75.7 Å². The molecule has 0 aliphatic heterocycles. The average Bonchev–Trinajstić information content (AvgIpc) is 3.00. The van der Waals surface area contributed by atoms with E-state index in [2.05, 4.69) is 68.3 Å². The largest absolute Gasteiger partial charge is 0.233 e. The Morgan fingerprint density at radius 3 is 1.88 bits per heavy atom. The van der Waals surface area contributed by atoms with Crippen molar-refractivity contribution in [1.29, 1.82) is 0 Å². The van der Waals surface area contributed by atoms with Crippen LogP contribution in [-0.4, -0.2) is 9.07 Å². The zero-order chi connectivity index (χ0) is 17.8. The van der Waals surface area contributed by atoms with Crippen molar-refractivity contribution in [3.05, 3.63) is 75.7 Å². The molecule has 1 aromatic heterocycles. The van der Waals surface area contributed by atoms with Crippen LogP contribution in [0.1, 0.15) is 0 Å². The number of nitrogens with zero attached hydrogens (tertiary/aromatic N) is 2. The molecule has 0 N–H and O–H groups in total. The van der Waals surface area contributed by atoms with Gasteiger partial charge < -0.3 is 0 Å². The fraction of sp³-hybridized carbons (Fsp3) is 0. The van der Waals surface area contributed by atoms with Crippen molar-refractivity contribution in [2.45, 2.75) is 0 Å². The maximum Gasteiger partial charge on any atom is 0.158 e. The molecule has 0 fully saturated rings. The lowest BCUT2D eigenvalue weighted by molar-refractivity contribution is 1.24. The zero-order valence-corrected chi connectivity index (χ0v) is 17.3. The summed E-state index contributed by atoms with van der Waals surface area (Å²) < 4.78 is 3.56. The minimum Gasteiger partial charge on any atom is -0.233 e. The molecule has 0 bridgehead atoms. The molecule has 0 atom stereocenters. The highest BCUT2D eigenvalue weighted by atomic mass is 79.9. The van der Waals surface area contributed by atoms with Gasteiger partial charge in [0.05, 0.1) is 11.0 Å². The average molecular weight is 487 g/mol. The summed E-state index contributed by atoms with van der Waals surface area (Å²) in [5.41, 5.74) is 2.78. The third-order valence-electron chi connectivity index (χ3n) is 4.67. The van der Waals surface area contributed by atoms with E-state index in [0.717, 1.165) is 36.3 Å². The standard InChI is InChI=1S/C21H11Br2ClN2/c22-16-10-5-11-17(23)18(16)21-25-19-14-8-3-1-6-12(14)13-7-2-4-9-15(13)20(19)26(21)24/h1-11H. The molecule has 0 radical (unpaired) electrons. The fourth-order valence-corrected chi connectivity index (χ4v) is 5.18. The van der Waals surface area contributed by atoms with Crippen molar-refractivity contribution in [3.8, 4) is 11.4 Å². The van der Waals surface area contributed by atoms with Crippen LogP contribution in [0.4, 0.5) is 0 Å². The van der Waals surface area contributed by atoms with Crippen LogP contribution < -0.4 is 0 Å². The van der Waals surface area contributed by atoms with Gasteiger partial charge in [0.2, 0.25) is 0 Å². The second-order valence-corrected chi connectivity index (χ2v) is 8.15. The van der Waals surface area contributed by atoms with Crippen molar-refractivity contribution in [2.24, 2.45) is 0 Å². The van der Waals surface area contributed by atoms with Crippen molar-refractivity contribution >= 4 is 76.2 Å². The zero-order valence-electron chi connectivity index (χ0n) is 13.4. The molecule has 5 aromatic rings. The van der Waals surface area contributed by atoms with Crippen LogP contribution in [0.25, 0.3) is 44.0 Å². The summed E-state index contributed by atoms with van der Waals surface area (Å²) in [4.78, 5) is 4.95. The van der Waals surface area contributed by atoms with Crippen LogP contribution in [0.5, 0.6) is 0 Å². The predicted octanol–water partition coefficient (Wildman–Crippen LogP) is 7.54. The first-order valence-electron chi connectivity index (χ1n) is 8.09. The maximum absolute atomic E-state index is 6.83. The fourth-order valence-electron chi connectivity index (χ4n) is 3.54. The quantitative estimate of drug-likeness (QED) is 0.224. The number of fused-ring (bicyclic) bond motifs is 6. The number of imidazole rings is 1. The molecule has 5 heteroatoms. The molecule has 0 aliphatic rings. The number of benzene rings is 4. The molecule has 2 nitrogen and oxygen atoms in total. The van der Waals surface area contributed by atoms with Gasteiger partial charge in [-0.2, -0.15) is 0 Å². The maximum atomic E-state index is 6.83. The van der Waals surface area contributed by atoms with Gasteiger partial charge in [0, 0.05) is 37.1 Å². The lowest BCUT2D eigenvalue weighted by Crippen LogP contribution is -1.90. The second-order valence-electron chi connectivity index (χ2n) is 6.10. The van der Waals surface area contributed by atoms with Crippen molar-refractivity contribution in [1.82, 2.24) is 9.07 Å². The third kappa shape index (κ3) is 2.26. The summed E-state index contributed by atoms with van der Waals surface area (Å²) in [6.45, 7) is 0. The molecule has 0 amide bonds. The topological polar surface area (TPSA) is 17.8 Å². The molecule has 0 saturated carbocycles. The van der Waals surface area contributed by atoms with E-state index in [1.807, 2.05) is 30.3 Å². The van der Waals surface area contributed by atoms with Gasteiger partial charge in [0.25, 0.3) is 0 Å². The van der Waals surface area contributed by atoms with E-state index >= 15 is 0 Å². The summed E-state index contributed by atoms with van der Waals surface area (Å²) in [6.07, 6.45) is 0. The highest BCUT2D eigenvalue weighted by Crippen LogP contribution is 2.41. The molecule has 1 heterocycles. The summed E-state index contributed by atoms with van der Waals surface area (Å²) in [6, 6.07) is 22.6. The third-order valence-corrected chi connectivity index (χ3v) is 6.32. The second kappa shape index (κ2) is 6.08. The molecule has 4 aromatic carbocycles. The predicted molar refractivity (Wildman–Crippen MR) is 117 cm³/mol. The van der Waals surface area contributed by atoms with Gasteiger partial charge in [-0.1, -0.05) is 54.6 Å². The number of hydrogen-bond donors (Lipinski definition) is 0. The molecule has 0 unspecified atom stereocenters. The highest BCUT2D eigenvalue weighted by Gasteiger charge is 2.20. The van der Waals surface area contributed by atoms with Crippen LogP contribution in [0, 0.1) is 0 Å². The Morgan fingerprint density at radius 1 is 0.692 bits per heavy atom.